The van der Waals surface area contributed by atoms with Crippen LogP contribution in [0.1, 0.15) is 18.5 Å². The molecular formula is C9H15N3O2S. The van der Waals surface area contributed by atoms with Gasteiger partial charge in [-0.15, -0.1) is 0 Å². The molecule has 1 aromatic heterocycles. The van der Waals surface area contributed by atoms with Crippen molar-refractivity contribution in [1.82, 2.24) is 9.29 Å². The van der Waals surface area contributed by atoms with E-state index >= 15 is 0 Å². The Kier molecular flexibility index (Phi) is 2.57. The number of aromatic nitrogens is 1. The Labute approximate surface area is 89.3 Å². The highest BCUT2D eigenvalue weighted by molar-refractivity contribution is 7.89. The summed E-state index contributed by atoms with van der Waals surface area (Å²) in [4.78, 5) is 3.15. The van der Waals surface area contributed by atoms with Crippen molar-refractivity contribution >= 4 is 10.0 Å². The molecule has 0 saturated heterocycles. The first kappa shape index (κ1) is 10.7. The Morgan fingerprint density at radius 1 is 1.60 bits per heavy atom. The predicted molar refractivity (Wildman–Crippen MR) is 56.7 cm³/mol. The topological polar surface area (TPSA) is 79.2 Å². The molecule has 0 aromatic carbocycles. The van der Waals surface area contributed by atoms with Gasteiger partial charge in [0.15, 0.2) is 0 Å². The van der Waals surface area contributed by atoms with Crippen LogP contribution in [0.3, 0.4) is 0 Å². The van der Waals surface area contributed by atoms with Gasteiger partial charge < -0.3 is 10.7 Å². The van der Waals surface area contributed by atoms with Crippen molar-refractivity contribution in [1.29, 1.82) is 0 Å². The van der Waals surface area contributed by atoms with Gasteiger partial charge in [-0.2, -0.15) is 4.31 Å². The lowest BCUT2D eigenvalue weighted by atomic mass is 10.4. The molecule has 1 saturated carbocycles. The molecule has 1 aliphatic carbocycles. The molecule has 1 aliphatic rings. The number of nitrogens with one attached hydrogen (secondary N) is 1. The van der Waals surface area contributed by atoms with E-state index in [1.54, 1.807) is 13.1 Å². The Bertz CT molecular complexity index is 448. The Morgan fingerprint density at radius 3 is 2.73 bits per heavy atom. The number of sulfonamides is 1. The van der Waals surface area contributed by atoms with Crippen molar-refractivity contribution in [3.05, 3.63) is 18.0 Å². The molecule has 0 aliphatic heterocycles. The largest absolute Gasteiger partial charge is 0.363 e. The average Bonchev–Trinajstić information content (AvgIpc) is 2.93. The monoisotopic (exact) mass is 229 g/mol. The van der Waals surface area contributed by atoms with Crippen LogP contribution in [0.5, 0.6) is 0 Å². The second kappa shape index (κ2) is 3.62. The number of nitrogens with two attached hydrogens (primary N) is 1. The Morgan fingerprint density at radius 2 is 2.27 bits per heavy atom. The summed E-state index contributed by atoms with van der Waals surface area (Å²) in [5, 5.41) is 0. The lowest BCUT2D eigenvalue weighted by Crippen LogP contribution is -2.28. The molecular weight excluding hydrogens is 214 g/mol. The zero-order valence-electron chi connectivity index (χ0n) is 8.60. The third-order valence-corrected chi connectivity index (χ3v) is 4.56. The highest BCUT2D eigenvalue weighted by Gasteiger charge is 2.35. The van der Waals surface area contributed by atoms with Gasteiger partial charge in [-0.3, -0.25) is 0 Å². The lowest BCUT2D eigenvalue weighted by molar-refractivity contribution is 0.464. The van der Waals surface area contributed by atoms with Crippen LogP contribution in [0.2, 0.25) is 0 Å². The highest BCUT2D eigenvalue weighted by atomic mass is 32.2. The minimum Gasteiger partial charge on any atom is -0.363 e. The molecule has 1 fully saturated rings. The van der Waals surface area contributed by atoms with Crippen LogP contribution in [0, 0.1) is 0 Å². The van der Waals surface area contributed by atoms with Crippen molar-refractivity contribution in [3.63, 3.8) is 0 Å². The molecule has 2 rings (SSSR count). The van der Waals surface area contributed by atoms with Gasteiger partial charge in [0.25, 0.3) is 0 Å². The molecule has 0 amide bonds. The summed E-state index contributed by atoms with van der Waals surface area (Å²) in [5.41, 5.74) is 6.15. The number of H-pyrrole nitrogens is 1. The first-order valence-electron chi connectivity index (χ1n) is 4.91. The summed E-state index contributed by atoms with van der Waals surface area (Å²) < 4.78 is 25.5. The highest BCUT2D eigenvalue weighted by Crippen LogP contribution is 2.30. The lowest BCUT2D eigenvalue weighted by Gasteiger charge is -2.14. The van der Waals surface area contributed by atoms with Gasteiger partial charge in [0, 0.05) is 31.5 Å². The zero-order chi connectivity index (χ0) is 11.1. The number of hydrogen-bond acceptors (Lipinski definition) is 3. The predicted octanol–water partition coefficient (Wildman–Crippen LogP) is 0.256. The first-order valence-corrected chi connectivity index (χ1v) is 6.35. The van der Waals surface area contributed by atoms with Gasteiger partial charge in [0.05, 0.1) is 4.90 Å². The molecule has 1 aromatic rings. The van der Waals surface area contributed by atoms with Crippen molar-refractivity contribution in [2.24, 2.45) is 5.73 Å². The van der Waals surface area contributed by atoms with Crippen LogP contribution >= 0.6 is 0 Å². The fraction of sp³-hybridized carbons (Fsp3) is 0.556. The fourth-order valence-electron chi connectivity index (χ4n) is 1.49. The third-order valence-electron chi connectivity index (χ3n) is 2.67. The molecule has 0 bridgehead atoms. The van der Waals surface area contributed by atoms with E-state index in [2.05, 4.69) is 4.98 Å². The summed E-state index contributed by atoms with van der Waals surface area (Å²) >= 11 is 0. The van der Waals surface area contributed by atoms with Gasteiger partial charge in [-0.05, 0) is 18.9 Å². The summed E-state index contributed by atoms with van der Waals surface area (Å²) in [6.07, 6.45) is 3.42. The van der Waals surface area contributed by atoms with E-state index in [4.69, 9.17) is 5.73 Å². The molecule has 6 heteroatoms. The normalized spacial score (nSPS) is 17.3. The molecule has 3 N–H and O–H groups in total. The average molecular weight is 229 g/mol. The SMILES string of the molecule is CN(C1CC1)S(=O)(=O)c1c[nH]c(CN)c1. The van der Waals surface area contributed by atoms with Crippen molar-refractivity contribution in [2.75, 3.05) is 7.05 Å². The van der Waals surface area contributed by atoms with E-state index in [0.717, 1.165) is 18.5 Å². The second-order valence-corrected chi connectivity index (χ2v) is 5.81. The zero-order valence-corrected chi connectivity index (χ0v) is 9.42. The van der Waals surface area contributed by atoms with Crippen LogP contribution in [-0.2, 0) is 16.6 Å². The molecule has 1 heterocycles. The van der Waals surface area contributed by atoms with Crippen LogP contribution in [0.4, 0.5) is 0 Å². The molecule has 0 spiro atoms. The van der Waals surface area contributed by atoms with E-state index in [1.807, 2.05) is 0 Å². The molecule has 0 radical (unpaired) electrons. The van der Waals surface area contributed by atoms with Crippen molar-refractivity contribution in [2.45, 2.75) is 30.3 Å². The van der Waals surface area contributed by atoms with E-state index < -0.39 is 10.0 Å². The van der Waals surface area contributed by atoms with Crippen LogP contribution in [0.25, 0.3) is 0 Å². The number of rotatable bonds is 4. The van der Waals surface area contributed by atoms with Crippen LogP contribution in [-0.4, -0.2) is 30.8 Å². The van der Waals surface area contributed by atoms with Crippen molar-refractivity contribution in [3.8, 4) is 0 Å². The maximum atomic E-state index is 12.0. The fourth-order valence-corrected chi connectivity index (χ4v) is 2.92. The van der Waals surface area contributed by atoms with Gasteiger partial charge in [-0.1, -0.05) is 0 Å². The maximum Gasteiger partial charge on any atom is 0.244 e. The smallest absolute Gasteiger partial charge is 0.244 e. The maximum absolute atomic E-state index is 12.0. The molecule has 0 atom stereocenters. The number of hydrogen-bond donors (Lipinski definition) is 2. The number of nitrogens with zero attached hydrogens (tertiary/aromatic N) is 1. The van der Waals surface area contributed by atoms with Crippen molar-refractivity contribution < 1.29 is 8.42 Å². The Balaban J connectivity index is 2.27. The second-order valence-electron chi connectivity index (χ2n) is 3.82. The van der Waals surface area contributed by atoms with Gasteiger partial charge in [-0.25, -0.2) is 8.42 Å². The molecule has 84 valence electrons. The Hall–Kier alpha value is -0.850. The third kappa shape index (κ3) is 1.92. The van der Waals surface area contributed by atoms with Gasteiger partial charge in [0.2, 0.25) is 10.0 Å². The van der Waals surface area contributed by atoms with E-state index in [-0.39, 0.29) is 6.04 Å². The minimum absolute atomic E-state index is 0.186. The van der Waals surface area contributed by atoms with E-state index in [9.17, 15) is 8.42 Å². The van der Waals surface area contributed by atoms with E-state index in [0.29, 0.717) is 11.4 Å². The standard InChI is InChI=1S/C9H15N3O2S/c1-12(8-2-3-8)15(13,14)9-4-7(5-10)11-6-9/h4,6,8,11H,2-3,5,10H2,1H3. The minimum atomic E-state index is -3.32. The molecule has 15 heavy (non-hydrogen) atoms. The van der Waals surface area contributed by atoms with E-state index in [1.165, 1.54) is 10.5 Å². The molecule has 5 nitrogen and oxygen atoms in total. The number of aromatic amines is 1. The van der Waals surface area contributed by atoms with Gasteiger partial charge in [0.1, 0.15) is 0 Å². The van der Waals surface area contributed by atoms with Gasteiger partial charge >= 0.3 is 0 Å². The quantitative estimate of drug-likeness (QED) is 0.777. The molecule has 0 unspecified atom stereocenters. The van der Waals surface area contributed by atoms with Crippen LogP contribution in [0.15, 0.2) is 17.2 Å². The summed E-state index contributed by atoms with van der Waals surface area (Å²) in [6, 6.07) is 1.78. The summed E-state index contributed by atoms with van der Waals surface area (Å²) in [6.45, 7) is 0.322. The first-order chi connectivity index (χ1) is 7.05. The summed E-state index contributed by atoms with van der Waals surface area (Å²) in [7, 11) is -1.69. The van der Waals surface area contributed by atoms with Crippen LogP contribution < -0.4 is 5.73 Å². The summed E-state index contributed by atoms with van der Waals surface area (Å²) in [5.74, 6) is 0.